The number of ether oxygens (including phenoxy) is 1. The molecule has 0 aliphatic heterocycles. The van der Waals surface area contributed by atoms with Gasteiger partial charge in [0.15, 0.2) is 0 Å². The minimum absolute atomic E-state index is 0.115. The Morgan fingerprint density at radius 3 is 2.95 bits per heavy atom. The molecule has 1 heterocycles. The molecule has 0 N–H and O–H groups in total. The van der Waals surface area contributed by atoms with Crippen molar-refractivity contribution in [3.05, 3.63) is 23.2 Å². The van der Waals surface area contributed by atoms with E-state index in [-0.39, 0.29) is 6.04 Å². The molecule has 1 aliphatic rings. The summed E-state index contributed by atoms with van der Waals surface area (Å²) in [5, 5.41) is 6.23. The van der Waals surface area contributed by atoms with Crippen LogP contribution in [0, 0.1) is 5.92 Å². The molecule has 21 heavy (non-hydrogen) atoms. The van der Waals surface area contributed by atoms with E-state index >= 15 is 0 Å². The number of aromatic nitrogens is 2. The second kappa shape index (κ2) is 5.84. The van der Waals surface area contributed by atoms with Crippen molar-refractivity contribution < 1.29 is 9.13 Å². The van der Waals surface area contributed by atoms with Gasteiger partial charge in [-0.3, -0.25) is 0 Å². The van der Waals surface area contributed by atoms with Gasteiger partial charge in [-0.1, -0.05) is 18.0 Å². The Kier molecular flexibility index (Phi) is 4.07. The van der Waals surface area contributed by atoms with Gasteiger partial charge in [-0.2, -0.15) is 5.10 Å². The normalized spacial score (nSPS) is 24.2. The molecule has 114 valence electrons. The average molecular weight is 311 g/mol. The lowest BCUT2D eigenvalue weighted by Crippen LogP contribution is -2.25. The zero-order valence-corrected chi connectivity index (χ0v) is 13.1. The Labute approximate surface area is 129 Å². The molecule has 3 nitrogen and oxygen atoms in total. The molecule has 1 aromatic carbocycles. The van der Waals surface area contributed by atoms with Gasteiger partial charge in [-0.15, -0.1) is 0 Å². The summed E-state index contributed by atoms with van der Waals surface area (Å²) in [5.74, 6) is 1.03. The zero-order chi connectivity index (χ0) is 15.0. The predicted molar refractivity (Wildman–Crippen MR) is 82.9 cm³/mol. The van der Waals surface area contributed by atoms with Gasteiger partial charge in [-0.05, 0) is 50.3 Å². The zero-order valence-electron chi connectivity index (χ0n) is 12.4. The number of alkyl halides is 1. The van der Waals surface area contributed by atoms with Crippen LogP contribution >= 0.6 is 11.6 Å². The topological polar surface area (TPSA) is 27.1 Å². The van der Waals surface area contributed by atoms with Crippen molar-refractivity contribution in [2.45, 2.75) is 44.8 Å². The van der Waals surface area contributed by atoms with Gasteiger partial charge in [-0.25, -0.2) is 9.07 Å². The van der Waals surface area contributed by atoms with Crippen molar-refractivity contribution in [1.29, 1.82) is 0 Å². The first-order chi connectivity index (χ1) is 10.1. The predicted octanol–water partition coefficient (Wildman–Crippen LogP) is 4.79. The molecule has 1 aromatic heterocycles. The van der Waals surface area contributed by atoms with Gasteiger partial charge in [0, 0.05) is 5.02 Å². The number of rotatable bonds is 3. The van der Waals surface area contributed by atoms with E-state index in [1.165, 1.54) is 0 Å². The van der Waals surface area contributed by atoms with E-state index in [9.17, 15) is 4.39 Å². The standard InChI is InChI=1S/C16H20ClFN2O/c1-10(11-4-3-5-13(18)8-11)20-16(21-2)14-7-6-12(17)9-15(14)19-20/h6-7,9-11,13H,3-5,8H2,1-2H3. The van der Waals surface area contributed by atoms with E-state index in [4.69, 9.17) is 16.3 Å². The molecule has 1 saturated carbocycles. The summed E-state index contributed by atoms with van der Waals surface area (Å²) in [6.45, 7) is 2.10. The van der Waals surface area contributed by atoms with Crippen molar-refractivity contribution in [3.8, 4) is 5.88 Å². The number of hydrogen-bond donors (Lipinski definition) is 0. The monoisotopic (exact) mass is 310 g/mol. The number of hydrogen-bond acceptors (Lipinski definition) is 2. The Morgan fingerprint density at radius 1 is 1.43 bits per heavy atom. The van der Waals surface area contributed by atoms with Crippen molar-refractivity contribution in [2.75, 3.05) is 7.11 Å². The summed E-state index contributed by atoms with van der Waals surface area (Å²) in [7, 11) is 1.65. The lowest BCUT2D eigenvalue weighted by molar-refractivity contribution is 0.152. The van der Waals surface area contributed by atoms with Crippen LogP contribution in [0.1, 0.15) is 38.6 Å². The van der Waals surface area contributed by atoms with Crippen molar-refractivity contribution in [1.82, 2.24) is 9.78 Å². The lowest BCUT2D eigenvalue weighted by Gasteiger charge is -2.30. The number of nitrogens with zero attached hydrogens (tertiary/aromatic N) is 2. The van der Waals surface area contributed by atoms with E-state index in [0.717, 1.165) is 29.6 Å². The molecule has 0 amide bonds. The van der Waals surface area contributed by atoms with Crippen LogP contribution < -0.4 is 4.74 Å². The van der Waals surface area contributed by atoms with Crippen LogP contribution in [0.15, 0.2) is 18.2 Å². The third-order valence-electron chi connectivity index (χ3n) is 4.53. The van der Waals surface area contributed by atoms with Crippen LogP contribution in [-0.2, 0) is 0 Å². The summed E-state index contributed by atoms with van der Waals surface area (Å²) in [5.41, 5.74) is 0.818. The summed E-state index contributed by atoms with van der Waals surface area (Å²) in [6, 6.07) is 5.71. The van der Waals surface area contributed by atoms with E-state index in [2.05, 4.69) is 12.0 Å². The third-order valence-corrected chi connectivity index (χ3v) is 4.76. The minimum atomic E-state index is -0.684. The van der Waals surface area contributed by atoms with Crippen LogP contribution in [0.4, 0.5) is 4.39 Å². The molecule has 3 rings (SSSR count). The number of methoxy groups -OCH3 is 1. The van der Waals surface area contributed by atoms with Gasteiger partial charge < -0.3 is 4.74 Å². The largest absolute Gasteiger partial charge is 0.481 e. The fourth-order valence-electron chi connectivity index (χ4n) is 3.34. The summed E-state index contributed by atoms with van der Waals surface area (Å²) in [6.07, 6.45) is 2.61. The van der Waals surface area contributed by atoms with Crippen LogP contribution in [-0.4, -0.2) is 23.1 Å². The SMILES string of the molecule is COc1c2ccc(Cl)cc2nn1C(C)C1CCCC(F)C1. The molecule has 0 spiro atoms. The highest BCUT2D eigenvalue weighted by atomic mass is 35.5. The Bertz CT molecular complexity index is 642. The highest BCUT2D eigenvalue weighted by molar-refractivity contribution is 6.31. The molecule has 0 bridgehead atoms. The van der Waals surface area contributed by atoms with Crippen molar-refractivity contribution >= 4 is 22.5 Å². The molecule has 2 aromatic rings. The maximum absolute atomic E-state index is 13.7. The number of halogens is 2. The van der Waals surface area contributed by atoms with Crippen molar-refractivity contribution in [3.63, 3.8) is 0 Å². The summed E-state index contributed by atoms with van der Waals surface area (Å²) < 4.78 is 21.1. The highest BCUT2D eigenvalue weighted by Crippen LogP contribution is 2.38. The maximum atomic E-state index is 13.7. The van der Waals surface area contributed by atoms with Gasteiger partial charge >= 0.3 is 0 Å². The number of fused-ring (bicyclic) bond motifs is 1. The Morgan fingerprint density at radius 2 is 2.24 bits per heavy atom. The van der Waals surface area contributed by atoms with Crippen LogP contribution in [0.2, 0.25) is 5.02 Å². The van der Waals surface area contributed by atoms with Gasteiger partial charge in [0.25, 0.3) is 0 Å². The van der Waals surface area contributed by atoms with Gasteiger partial charge in [0.05, 0.1) is 24.1 Å². The molecule has 0 radical (unpaired) electrons. The summed E-state index contributed by atoms with van der Waals surface area (Å²) in [4.78, 5) is 0. The first-order valence-corrected chi connectivity index (χ1v) is 7.83. The van der Waals surface area contributed by atoms with E-state index < -0.39 is 6.17 Å². The van der Waals surface area contributed by atoms with Crippen LogP contribution in [0.25, 0.3) is 10.9 Å². The smallest absolute Gasteiger partial charge is 0.219 e. The van der Waals surface area contributed by atoms with Crippen LogP contribution in [0.5, 0.6) is 5.88 Å². The molecule has 3 unspecified atom stereocenters. The third kappa shape index (κ3) is 2.73. The molecular formula is C16H20ClFN2O. The quantitative estimate of drug-likeness (QED) is 0.815. The van der Waals surface area contributed by atoms with Crippen LogP contribution in [0.3, 0.4) is 0 Å². The average Bonchev–Trinajstić information content (AvgIpc) is 2.83. The second-order valence-corrected chi connectivity index (χ2v) is 6.32. The maximum Gasteiger partial charge on any atom is 0.219 e. The number of benzene rings is 1. The van der Waals surface area contributed by atoms with E-state index in [1.54, 1.807) is 7.11 Å². The van der Waals surface area contributed by atoms with E-state index in [1.807, 2.05) is 22.9 Å². The molecule has 0 saturated heterocycles. The van der Waals surface area contributed by atoms with Gasteiger partial charge in [0.2, 0.25) is 5.88 Å². The minimum Gasteiger partial charge on any atom is -0.481 e. The molecular weight excluding hydrogens is 291 g/mol. The molecule has 1 fully saturated rings. The highest BCUT2D eigenvalue weighted by Gasteiger charge is 2.29. The summed E-state index contributed by atoms with van der Waals surface area (Å²) >= 11 is 6.03. The molecule has 5 heteroatoms. The van der Waals surface area contributed by atoms with E-state index in [0.29, 0.717) is 23.8 Å². The van der Waals surface area contributed by atoms with Crippen molar-refractivity contribution in [2.24, 2.45) is 5.92 Å². The second-order valence-electron chi connectivity index (χ2n) is 5.88. The molecule has 3 atom stereocenters. The fourth-order valence-corrected chi connectivity index (χ4v) is 3.50. The first kappa shape index (κ1) is 14.6. The Balaban J connectivity index is 1.98. The first-order valence-electron chi connectivity index (χ1n) is 7.46. The fraction of sp³-hybridized carbons (Fsp3) is 0.562. The van der Waals surface area contributed by atoms with Gasteiger partial charge in [0.1, 0.15) is 6.17 Å². The molecule has 1 aliphatic carbocycles. The lowest BCUT2D eigenvalue weighted by atomic mass is 9.83. The Hall–Kier alpha value is -1.29.